The lowest BCUT2D eigenvalue weighted by atomic mass is 9.72. The molecule has 0 saturated heterocycles. The summed E-state index contributed by atoms with van der Waals surface area (Å²) in [5, 5.41) is 6.93. The number of nitrogens with zero attached hydrogens (tertiary/aromatic N) is 3. The molecule has 0 spiro atoms. The molecule has 8 nitrogen and oxygen atoms in total. The number of carbonyl (C=O) groups excluding carboxylic acids is 1. The molecule has 6 rings (SSSR count). The molecule has 2 N–H and O–H groups in total. The first-order chi connectivity index (χ1) is 18.2. The number of hydrogen-bond donors (Lipinski definition) is 2. The van der Waals surface area contributed by atoms with Crippen molar-refractivity contribution >= 4 is 22.6 Å². The molecular weight excluding hydrogens is 478 g/mol. The molecule has 3 heterocycles. The van der Waals surface area contributed by atoms with Crippen molar-refractivity contribution in [2.75, 3.05) is 0 Å². The highest BCUT2D eigenvalue weighted by Crippen LogP contribution is 2.41. The second-order valence-corrected chi connectivity index (χ2v) is 10.9. The van der Waals surface area contributed by atoms with Crippen LogP contribution in [0.3, 0.4) is 0 Å². The van der Waals surface area contributed by atoms with Gasteiger partial charge in [-0.3, -0.25) is 4.98 Å². The van der Waals surface area contributed by atoms with Crippen LogP contribution in [0.15, 0.2) is 83.9 Å². The lowest BCUT2D eigenvalue weighted by Crippen LogP contribution is -2.52. The standard InChI is InChI=1S/C30H29N5O3/c1-29(2,3)38-28(37)32-30(15-7-16-30)22-10-12-23(13-11-22)35-26-24-18-21(20-8-5-4-6-9-20)19-31-25(24)14-17-34(26)27(36)33-35/h4-6,8-14,17-19H,7,15-16H2,1-3H3,(H-,32,33,36,37)/p+1. The quantitative estimate of drug-likeness (QED) is 0.333. The Bertz CT molecular complexity index is 1710. The largest absolute Gasteiger partial charge is 0.449 e. The Morgan fingerprint density at radius 1 is 1.05 bits per heavy atom. The zero-order chi connectivity index (χ0) is 26.5. The number of ether oxygens (including phenoxy) is 1. The highest BCUT2D eigenvalue weighted by atomic mass is 16.6. The van der Waals surface area contributed by atoms with Crippen molar-refractivity contribution in [2.45, 2.75) is 51.2 Å². The van der Waals surface area contributed by atoms with E-state index in [4.69, 9.17) is 4.74 Å². The Labute approximate surface area is 219 Å². The maximum atomic E-state index is 12.9. The van der Waals surface area contributed by atoms with Gasteiger partial charge in [0.2, 0.25) is 0 Å². The van der Waals surface area contributed by atoms with E-state index in [2.05, 4.69) is 21.5 Å². The van der Waals surface area contributed by atoms with Crippen LogP contribution in [0.1, 0.15) is 45.6 Å². The van der Waals surface area contributed by atoms with Crippen molar-refractivity contribution in [3.05, 3.63) is 95.2 Å². The molecule has 5 aromatic rings. The van der Waals surface area contributed by atoms with Crippen molar-refractivity contribution < 1.29 is 14.2 Å². The zero-order valence-electron chi connectivity index (χ0n) is 21.7. The van der Waals surface area contributed by atoms with Crippen molar-refractivity contribution in [3.8, 4) is 16.8 Å². The number of amides is 1. The number of hydrogen-bond acceptors (Lipinski definition) is 4. The molecule has 1 aliphatic carbocycles. The molecule has 1 amide bonds. The number of aromatic nitrogens is 4. The van der Waals surface area contributed by atoms with Crippen LogP contribution in [0.2, 0.25) is 0 Å². The molecule has 0 atom stereocenters. The molecule has 3 aromatic heterocycles. The van der Waals surface area contributed by atoms with E-state index in [1.807, 2.05) is 87.6 Å². The minimum Gasteiger partial charge on any atom is -0.444 e. The summed E-state index contributed by atoms with van der Waals surface area (Å²) in [4.78, 5) is 30.1. The summed E-state index contributed by atoms with van der Waals surface area (Å²) < 4.78 is 8.91. The van der Waals surface area contributed by atoms with Gasteiger partial charge in [-0.2, -0.15) is 0 Å². The Hall–Kier alpha value is -4.46. The van der Waals surface area contributed by atoms with E-state index in [0.29, 0.717) is 5.65 Å². The van der Waals surface area contributed by atoms with Crippen LogP contribution < -0.4 is 15.7 Å². The molecule has 1 aliphatic rings. The average Bonchev–Trinajstić information content (AvgIpc) is 3.22. The summed E-state index contributed by atoms with van der Waals surface area (Å²) in [6, 6.07) is 21.9. The second-order valence-electron chi connectivity index (χ2n) is 10.9. The molecule has 38 heavy (non-hydrogen) atoms. The summed E-state index contributed by atoms with van der Waals surface area (Å²) in [5.74, 6) is 0. The Kier molecular flexibility index (Phi) is 5.56. The summed E-state index contributed by atoms with van der Waals surface area (Å²) >= 11 is 0. The van der Waals surface area contributed by atoms with Crippen molar-refractivity contribution in [3.63, 3.8) is 0 Å². The number of pyridine rings is 2. The number of aromatic amines is 1. The number of alkyl carbamates (subject to hydrolysis) is 1. The molecule has 0 bridgehead atoms. The van der Waals surface area contributed by atoms with Gasteiger partial charge in [-0.1, -0.05) is 42.5 Å². The summed E-state index contributed by atoms with van der Waals surface area (Å²) in [6.45, 7) is 5.57. The first-order valence-electron chi connectivity index (χ1n) is 12.9. The van der Waals surface area contributed by atoms with Gasteiger partial charge in [0, 0.05) is 17.8 Å². The highest BCUT2D eigenvalue weighted by molar-refractivity contribution is 5.92. The number of carbonyl (C=O) groups is 1. The van der Waals surface area contributed by atoms with Crippen LogP contribution in [0.4, 0.5) is 4.79 Å². The topological polar surface area (TPSA) is 92.4 Å². The predicted octanol–water partition coefficient (Wildman–Crippen LogP) is 5.02. The van der Waals surface area contributed by atoms with Crippen LogP contribution in [0.25, 0.3) is 33.4 Å². The Morgan fingerprint density at radius 3 is 2.45 bits per heavy atom. The SMILES string of the molecule is CC(C)(C)OC(=O)NC1(c2ccc(-[n+]3[nH]c(=O)n4ccc5ncc(-c6ccccc6)cc5c43)cc2)CCC1. The summed E-state index contributed by atoms with van der Waals surface area (Å²) in [5.41, 5.74) is 4.11. The molecular formula is C30H30N5O3+. The minimum atomic E-state index is -0.560. The number of nitrogens with one attached hydrogen (secondary N) is 2. The van der Waals surface area contributed by atoms with E-state index in [9.17, 15) is 9.59 Å². The fraction of sp³-hybridized carbons (Fsp3) is 0.267. The number of fused-ring (bicyclic) bond motifs is 3. The number of H-pyrrole nitrogens is 1. The minimum absolute atomic E-state index is 0.238. The van der Waals surface area contributed by atoms with Gasteiger partial charge in [0.25, 0.3) is 0 Å². The third-order valence-corrected chi connectivity index (χ3v) is 7.14. The first kappa shape index (κ1) is 23.9. The number of rotatable bonds is 4. The summed E-state index contributed by atoms with van der Waals surface area (Å²) in [7, 11) is 0. The van der Waals surface area contributed by atoms with E-state index in [0.717, 1.165) is 52.5 Å². The molecule has 192 valence electrons. The molecule has 1 fully saturated rings. The van der Waals surface area contributed by atoms with E-state index < -0.39 is 17.2 Å². The van der Waals surface area contributed by atoms with E-state index in [1.165, 1.54) is 0 Å². The molecule has 0 unspecified atom stereocenters. The number of benzene rings is 2. The van der Waals surface area contributed by atoms with Crippen LogP contribution in [-0.4, -0.2) is 26.2 Å². The lowest BCUT2D eigenvalue weighted by molar-refractivity contribution is -0.631. The maximum absolute atomic E-state index is 12.9. The maximum Gasteiger partial charge on any atom is 0.449 e. The lowest BCUT2D eigenvalue weighted by Gasteiger charge is -2.43. The summed E-state index contributed by atoms with van der Waals surface area (Å²) in [6.07, 6.45) is 5.92. The predicted molar refractivity (Wildman–Crippen MR) is 145 cm³/mol. The van der Waals surface area contributed by atoms with Crippen LogP contribution in [0, 0.1) is 0 Å². The average molecular weight is 509 g/mol. The van der Waals surface area contributed by atoms with Gasteiger partial charge in [0.1, 0.15) is 11.8 Å². The smallest absolute Gasteiger partial charge is 0.444 e. The van der Waals surface area contributed by atoms with Gasteiger partial charge >= 0.3 is 17.4 Å². The Morgan fingerprint density at radius 2 is 1.79 bits per heavy atom. The van der Waals surface area contributed by atoms with Crippen molar-refractivity contribution in [1.29, 1.82) is 0 Å². The van der Waals surface area contributed by atoms with Crippen molar-refractivity contribution in [1.82, 2.24) is 19.8 Å². The van der Waals surface area contributed by atoms with Gasteiger partial charge in [-0.15, -0.1) is 14.2 Å². The molecule has 1 saturated carbocycles. The molecule has 2 aromatic carbocycles. The van der Waals surface area contributed by atoms with Crippen LogP contribution in [-0.2, 0) is 10.3 Å². The molecule has 0 radical (unpaired) electrons. The van der Waals surface area contributed by atoms with Gasteiger partial charge in [-0.05, 0) is 69.4 Å². The van der Waals surface area contributed by atoms with E-state index >= 15 is 0 Å². The van der Waals surface area contributed by atoms with Gasteiger partial charge in [0.15, 0.2) is 5.69 Å². The molecule has 8 heteroatoms. The van der Waals surface area contributed by atoms with E-state index in [-0.39, 0.29) is 5.69 Å². The van der Waals surface area contributed by atoms with Gasteiger partial charge in [0.05, 0.1) is 16.4 Å². The monoisotopic (exact) mass is 508 g/mol. The third-order valence-electron chi connectivity index (χ3n) is 7.14. The zero-order valence-corrected chi connectivity index (χ0v) is 21.7. The molecule has 0 aliphatic heterocycles. The van der Waals surface area contributed by atoms with Gasteiger partial charge in [-0.25, -0.2) is 9.59 Å². The highest BCUT2D eigenvalue weighted by Gasteiger charge is 2.41. The normalized spacial score (nSPS) is 14.8. The fourth-order valence-corrected chi connectivity index (χ4v) is 5.15. The second kappa shape index (κ2) is 8.83. The van der Waals surface area contributed by atoms with Crippen molar-refractivity contribution in [2.24, 2.45) is 0 Å². The third kappa shape index (κ3) is 4.22. The Balaban J connectivity index is 1.40. The van der Waals surface area contributed by atoms with E-state index in [1.54, 1.807) is 15.3 Å². The first-order valence-corrected chi connectivity index (χ1v) is 12.9. The fourth-order valence-electron chi connectivity index (χ4n) is 5.15. The van der Waals surface area contributed by atoms with Crippen LogP contribution in [0.5, 0.6) is 0 Å². The van der Waals surface area contributed by atoms with Crippen LogP contribution >= 0.6 is 0 Å². The van der Waals surface area contributed by atoms with Gasteiger partial charge < -0.3 is 10.1 Å².